The molecular weight excluding hydrogens is 464 g/mol. The predicted octanol–water partition coefficient (Wildman–Crippen LogP) is 4.46. The molecule has 0 saturated carbocycles. The van der Waals surface area contributed by atoms with E-state index in [-0.39, 0.29) is 30.5 Å². The van der Waals surface area contributed by atoms with Gasteiger partial charge in [0.2, 0.25) is 10.0 Å². The lowest BCUT2D eigenvalue weighted by atomic mass is 9.83. The second-order valence-electron chi connectivity index (χ2n) is 8.64. The maximum Gasteiger partial charge on any atom is 0.261 e. The maximum absolute atomic E-state index is 13.4. The van der Waals surface area contributed by atoms with Gasteiger partial charge in [0, 0.05) is 30.0 Å². The van der Waals surface area contributed by atoms with E-state index in [0.29, 0.717) is 22.9 Å². The third kappa shape index (κ3) is 4.77. The number of rotatable bonds is 5. The number of fused-ring (bicyclic) bond motifs is 2. The highest BCUT2D eigenvalue weighted by Gasteiger charge is 2.40. The summed E-state index contributed by atoms with van der Waals surface area (Å²) in [5, 5.41) is 3.55. The number of nitrogens with one attached hydrogen (secondary N) is 1. The summed E-state index contributed by atoms with van der Waals surface area (Å²) in [4.78, 5) is 13.4. The summed E-state index contributed by atoms with van der Waals surface area (Å²) >= 11 is 6.11. The number of nitrogens with zero attached hydrogens (tertiary/aromatic N) is 1. The molecule has 0 bridgehead atoms. The molecule has 0 saturated heterocycles. The lowest BCUT2D eigenvalue weighted by Gasteiger charge is -2.42. The van der Waals surface area contributed by atoms with Gasteiger partial charge >= 0.3 is 0 Å². The van der Waals surface area contributed by atoms with Crippen LogP contribution in [0.5, 0.6) is 11.5 Å². The zero-order valence-electron chi connectivity index (χ0n) is 19.0. The average Bonchev–Trinajstić information content (AvgIpc) is 2.98. The number of anilines is 1. The van der Waals surface area contributed by atoms with Gasteiger partial charge in [0.25, 0.3) is 5.91 Å². The third-order valence-electron chi connectivity index (χ3n) is 6.55. The van der Waals surface area contributed by atoms with Gasteiger partial charge in [0.05, 0.1) is 18.0 Å². The highest BCUT2D eigenvalue weighted by atomic mass is 35.5. The van der Waals surface area contributed by atoms with Gasteiger partial charge in [0.15, 0.2) is 6.10 Å². The van der Waals surface area contributed by atoms with E-state index < -0.39 is 16.1 Å². The van der Waals surface area contributed by atoms with Crippen molar-refractivity contribution in [2.75, 3.05) is 17.1 Å². The van der Waals surface area contributed by atoms with Crippen LogP contribution in [0.1, 0.15) is 51.1 Å². The van der Waals surface area contributed by atoms with Crippen molar-refractivity contribution in [3.05, 3.63) is 53.1 Å². The molecule has 2 heterocycles. The van der Waals surface area contributed by atoms with Gasteiger partial charge < -0.3 is 14.8 Å². The minimum atomic E-state index is -3.57. The molecule has 0 unspecified atom stereocenters. The van der Waals surface area contributed by atoms with E-state index in [1.807, 2.05) is 24.3 Å². The Balaban J connectivity index is 1.61. The summed E-state index contributed by atoms with van der Waals surface area (Å²) in [5.74, 6) is 0.808. The SMILES string of the molecule is CCC1(CC)C[C@@H](NC(=O)[C@@H]2CCN(S(C)(=O)=O)c3cc(Cl)ccc3O2)c2ccccc2O1. The van der Waals surface area contributed by atoms with Crippen LogP contribution in [-0.2, 0) is 14.8 Å². The Morgan fingerprint density at radius 2 is 1.91 bits per heavy atom. The van der Waals surface area contributed by atoms with E-state index in [1.165, 1.54) is 4.31 Å². The Kier molecular flexibility index (Phi) is 6.51. The molecule has 2 aromatic rings. The van der Waals surface area contributed by atoms with Crippen molar-refractivity contribution in [1.82, 2.24) is 5.32 Å². The Morgan fingerprint density at radius 1 is 1.18 bits per heavy atom. The highest BCUT2D eigenvalue weighted by Crippen LogP contribution is 2.43. The molecule has 7 nitrogen and oxygen atoms in total. The molecule has 178 valence electrons. The minimum absolute atomic E-state index is 0.114. The summed E-state index contributed by atoms with van der Waals surface area (Å²) in [6.45, 7) is 4.29. The van der Waals surface area contributed by atoms with E-state index in [0.717, 1.165) is 30.4 Å². The molecule has 2 atom stereocenters. The second kappa shape index (κ2) is 9.06. The first-order valence-electron chi connectivity index (χ1n) is 11.2. The molecule has 1 N–H and O–H groups in total. The van der Waals surface area contributed by atoms with Gasteiger partial charge in [-0.3, -0.25) is 9.10 Å². The third-order valence-corrected chi connectivity index (χ3v) is 7.96. The smallest absolute Gasteiger partial charge is 0.261 e. The normalized spacial score (nSPS) is 21.6. The fourth-order valence-corrected chi connectivity index (χ4v) is 5.68. The van der Waals surface area contributed by atoms with Crippen molar-refractivity contribution >= 4 is 33.2 Å². The van der Waals surface area contributed by atoms with Crippen molar-refractivity contribution in [3.8, 4) is 11.5 Å². The van der Waals surface area contributed by atoms with E-state index in [4.69, 9.17) is 21.1 Å². The molecule has 9 heteroatoms. The molecule has 0 radical (unpaired) electrons. The molecule has 1 amide bonds. The van der Waals surface area contributed by atoms with Crippen molar-refractivity contribution in [3.63, 3.8) is 0 Å². The number of carbonyl (C=O) groups is 1. The molecule has 2 aliphatic rings. The summed E-state index contributed by atoms with van der Waals surface area (Å²) in [6, 6.07) is 12.3. The van der Waals surface area contributed by atoms with Crippen LogP contribution in [0, 0.1) is 0 Å². The van der Waals surface area contributed by atoms with Crippen molar-refractivity contribution in [1.29, 1.82) is 0 Å². The highest BCUT2D eigenvalue weighted by molar-refractivity contribution is 7.92. The Labute approximate surface area is 200 Å². The van der Waals surface area contributed by atoms with Crippen LogP contribution >= 0.6 is 11.6 Å². The number of ether oxygens (including phenoxy) is 2. The largest absolute Gasteiger partial charge is 0.487 e. The molecule has 0 spiro atoms. The predicted molar refractivity (Wildman–Crippen MR) is 129 cm³/mol. The molecule has 4 rings (SSSR count). The molecule has 2 aromatic carbocycles. The van der Waals surface area contributed by atoms with Gasteiger partial charge in [-0.2, -0.15) is 0 Å². The van der Waals surface area contributed by atoms with Crippen LogP contribution in [0.15, 0.2) is 42.5 Å². The van der Waals surface area contributed by atoms with E-state index >= 15 is 0 Å². The maximum atomic E-state index is 13.4. The van der Waals surface area contributed by atoms with Gasteiger partial charge in [-0.25, -0.2) is 8.42 Å². The molecule has 33 heavy (non-hydrogen) atoms. The fraction of sp³-hybridized carbons (Fsp3) is 0.458. The number of hydrogen-bond donors (Lipinski definition) is 1. The zero-order chi connectivity index (χ0) is 23.8. The lowest BCUT2D eigenvalue weighted by molar-refractivity contribution is -0.129. The average molecular weight is 493 g/mol. The van der Waals surface area contributed by atoms with Crippen LogP contribution < -0.4 is 19.1 Å². The monoisotopic (exact) mass is 492 g/mol. The van der Waals surface area contributed by atoms with Crippen LogP contribution in [0.3, 0.4) is 0 Å². The zero-order valence-corrected chi connectivity index (χ0v) is 20.6. The Morgan fingerprint density at radius 3 is 2.61 bits per heavy atom. The van der Waals surface area contributed by atoms with Gasteiger partial charge in [-0.1, -0.05) is 43.6 Å². The first-order chi connectivity index (χ1) is 15.7. The lowest BCUT2D eigenvalue weighted by Crippen LogP contribution is -2.47. The van der Waals surface area contributed by atoms with Gasteiger partial charge in [-0.05, 0) is 37.1 Å². The standard InChI is InChI=1S/C24H29ClN2O5S/c1-4-24(5-2)15-18(17-8-6-7-9-20(17)32-24)26-23(28)22-12-13-27(33(3,29)30)19-14-16(25)10-11-21(19)31-22/h6-11,14,18,22H,4-5,12-13,15H2,1-3H3,(H,26,28)/t18-,22+/m1/s1. The summed E-state index contributed by atoms with van der Waals surface area (Å²) < 4.78 is 38.4. The summed E-state index contributed by atoms with van der Waals surface area (Å²) in [5.41, 5.74) is 0.919. The van der Waals surface area contributed by atoms with Gasteiger partial charge in [0.1, 0.15) is 17.1 Å². The summed E-state index contributed by atoms with van der Waals surface area (Å²) in [7, 11) is -3.57. The number of amides is 1. The van der Waals surface area contributed by atoms with Crippen molar-refractivity contribution < 1.29 is 22.7 Å². The number of halogens is 1. The van der Waals surface area contributed by atoms with Crippen molar-refractivity contribution in [2.24, 2.45) is 0 Å². The van der Waals surface area contributed by atoms with E-state index in [1.54, 1.807) is 18.2 Å². The second-order valence-corrected chi connectivity index (χ2v) is 11.0. The number of sulfonamides is 1. The van der Waals surface area contributed by atoms with Crippen LogP contribution in [0.2, 0.25) is 5.02 Å². The number of para-hydroxylation sites is 1. The number of carbonyl (C=O) groups excluding carboxylic acids is 1. The first-order valence-corrected chi connectivity index (χ1v) is 13.4. The molecule has 0 fully saturated rings. The quantitative estimate of drug-likeness (QED) is 0.666. The Bertz CT molecular complexity index is 1150. The number of benzene rings is 2. The molecule has 2 aliphatic heterocycles. The summed E-state index contributed by atoms with van der Waals surface area (Å²) in [6.07, 6.45) is 2.79. The van der Waals surface area contributed by atoms with Crippen LogP contribution in [-0.4, -0.2) is 38.8 Å². The number of hydrogen-bond acceptors (Lipinski definition) is 5. The minimum Gasteiger partial charge on any atom is -0.487 e. The molecule has 0 aliphatic carbocycles. The van der Waals surface area contributed by atoms with Crippen LogP contribution in [0.25, 0.3) is 0 Å². The van der Waals surface area contributed by atoms with E-state index in [2.05, 4.69) is 19.2 Å². The van der Waals surface area contributed by atoms with E-state index in [9.17, 15) is 13.2 Å². The topological polar surface area (TPSA) is 84.9 Å². The molecular formula is C24H29ClN2O5S. The van der Waals surface area contributed by atoms with Gasteiger partial charge in [-0.15, -0.1) is 0 Å². The molecule has 0 aromatic heterocycles. The van der Waals surface area contributed by atoms with Crippen LogP contribution in [0.4, 0.5) is 5.69 Å². The fourth-order valence-electron chi connectivity index (χ4n) is 4.58. The first kappa shape index (κ1) is 23.7. The Hall–Kier alpha value is -2.45. The van der Waals surface area contributed by atoms with Crippen molar-refractivity contribution in [2.45, 2.75) is 57.3 Å².